The van der Waals surface area contributed by atoms with Crippen LogP contribution in [0.25, 0.3) is 0 Å². The Morgan fingerprint density at radius 3 is 2.90 bits per heavy atom. The first-order valence-electron chi connectivity index (χ1n) is 7.53. The third kappa shape index (κ3) is 2.53. The minimum atomic E-state index is -0.415. The Bertz CT molecular complexity index is 568. The van der Waals surface area contributed by atoms with Gasteiger partial charge in [0.2, 0.25) is 0 Å². The van der Waals surface area contributed by atoms with Crippen LogP contribution in [0.4, 0.5) is 0 Å². The van der Waals surface area contributed by atoms with E-state index in [1.54, 1.807) is 13.2 Å². The molecule has 0 radical (unpaired) electrons. The van der Waals surface area contributed by atoms with Crippen molar-refractivity contribution in [2.45, 2.75) is 50.7 Å². The molecule has 0 bridgehead atoms. The lowest BCUT2D eigenvalue weighted by Crippen LogP contribution is -2.53. The van der Waals surface area contributed by atoms with Gasteiger partial charge in [0, 0.05) is 12.8 Å². The van der Waals surface area contributed by atoms with Crippen LogP contribution >= 0.6 is 0 Å². The normalized spacial score (nSPS) is 31.7. The molecule has 2 aliphatic rings. The maximum absolute atomic E-state index is 12.6. The molecule has 0 saturated carbocycles. The molecule has 4 heteroatoms. The highest BCUT2D eigenvalue weighted by Gasteiger charge is 2.48. The van der Waals surface area contributed by atoms with Crippen molar-refractivity contribution in [3.05, 3.63) is 23.8 Å². The van der Waals surface area contributed by atoms with Crippen LogP contribution in [-0.2, 0) is 4.74 Å². The Labute approximate surface area is 125 Å². The summed E-state index contributed by atoms with van der Waals surface area (Å²) >= 11 is 0. The molecular formula is C17H22O4. The van der Waals surface area contributed by atoms with E-state index in [2.05, 4.69) is 13.8 Å². The molecule has 1 fully saturated rings. The highest BCUT2D eigenvalue weighted by atomic mass is 16.5. The van der Waals surface area contributed by atoms with E-state index in [1.165, 1.54) is 0 Å². The standard InChI is InChI=1S/C17H22O4/c1-4-16(2)11-17(7-8-20-16)10-14(18)13-9-12(19-3)5-6-15(13)21-17/h5-6,9H,4,7-8,10-11H2,1-3H3. The second-order valence-electron chi connectivity index (χ2n) is 6.33. The number of rotatable bonds is 2. The molecule has 0 aromatic heterocycles. The number of hydrogen-bond acceptors (Lipinski definition) is 4. The Morgan fingerprint density at radius 2 is 2.19 bits per heavy atom. The van der Waals surface area contributed by atoms with Crippen LogP contribution in [0.2, 0.25) is 0 Å². The molecule has 1 spiro atoms. The van der Waals surface area contributed by atoms with Crippen molar-refractivity contribution >= 4 is 5.78 Å². The van der Waals surface area contributed by atoms with Gasteiger partial charge in [-0.2, -0.15) is 0 Å². The van der Waals surface area contributed by atoms with E-state index in [1.807, 2.05) is 12.1 Å². The molecule has 0 N–H and O–H groups in total. The van der Waals surface area contributed by atoms with E-state index in [9.17, 15) is 4.79 Å². The summed E-state index contributed by atoms with van der Waals surface area (Å²) in [5.41, 5.74) is 0.00847. The molecule has 0 amide bonds. The molecule has 2 heterocycles. The zero-order chi connectivity index (χ0) is 15.1. The van der Waals surface area contributed by atoms with Crippen LogP contribution in [0.15, 0.2) is 18.2 Å². The van der Waals surface area contributed by atoms with E-state index < -0.39 is 5.60 Å². The lowest BCUT2D eigenvalue weighted by atomic mass is 9.76. The molecule has 1 aromatic rings. The average molecular weight is 290 g/mol. The zero-order valence-corrected chi connectivity index (χ0v) is 12.9. The van der Waals surface area contributed by atoms with E-state index in [-0.39, 0.29) is 11.4 Å². The van der Waals surface area contributed by atoms with E-state index in [4.69, 9.17) is 14.2 Å². The fourth-order valence-electron chi connectivity index (χ4n) is 3.37. The van der Waals surface area contributed by atoms with E-state index in [0.29, 0.717) is 30.1 Å². The Balaban J connectivity index is 1.93. The highest BCUT2D eigenvalue weighted by Crippen LogP contribution is 2.44. The number of ketones is 1. The van der Waals surface area contributed by atoms with Crippen LogP contribution in [0, 0.1) is 0 Å². The number of hydrogen-bond donors (Lipinski definition) is 0. The fourth-order valence-corrected chi connectivity index (χ4v) is 3.37. The third-order valence-electron chi connectivity index (χ3n) is 4.75. The topological polar surface area (TPSA) is 44.8 Å². The molecule has 2 atom stereocenters. The molecule has 3 rings (SSSR count). The van der Waals surface area contributed by atoms with Crippen molar-refractivity contribution in [3.8, 4) is 11.5 Å². The molecule has 114 valence electrons. The summed E-state index contributed by atoms with van der Waals surface area (Å²) in [7, 11) is 1.60. The summed E-state index contributed by atoms with van der Waals surface area (Å²) in [6.07, 6.45) is 2.86. The maximum atomic E-state index is 12.6. The second kappa shape index (κ2) is 5.02. The Morgan fingerprint density at radius 1 is 1.38 bits per heavy atom. The summed E-state index contributed by atoms with van der Waals surface area (Å²) in [4.78, 5) is 12.6. The smallest absolute Gasteiger partial charge is 0.170 e. The first-order valence-corrected chi connectivity index (χ1v) is 7.53. The first-order chi connectivity index (χ1) is 9.99. The van der Waals surface area contributed by atoms with Gasteiger partial charge in [0.1, 0.15) is 17.1 Å². The minimum absolute atomic E-state index is 0.135. The second-order valence-corrected chi connectivity index (χ2v) is 6.33. The maximum Gasteiger partial charge on any atom is 0.170 e. The molecule has 2 unspecified atom stereocenters. The molecule has 4 nitrogen and oxygen atoms in total. The SMILES string of the molecule is CCC1(C)CC2(CCO1)CC(=O)c1cc(OC)ccc1O2. The van der Waals surface area contributed by atoms with Crippen LogP contribution in [-0.4, -0.2) is 30.7 Å². The number of methoxy groups -OCH3 is 1. The quantitative estimate of drug-likeness (QED) is 0.837. The van der Waals surface area contributed by atoms with Gasteiger partial charge in [-0.15, -0.1) is 0 Å². The average Bonchev–Trinajstić information content (AvgIpc) is 2.47. The zero-order valence-electron chi connectivity index (χ0n) is 12.9. The molecule has 0 aliphatic carbocycles. The summed E-state index contributed by atoms with van der Waals surface area (Å²) in [5.74, 6) is 1.50. The lowest BCUT2D eigenvalue weighted by Gasteiger charge is -2.47. The van der Waals surface area contributed by atoms with Gasteiger partial charge in [-0.25, -0.2) is 0 Å². The number of Topliss-reactive ketones (excluding diaryl/α,β-unsaturated/α-hetero) is 1. The van der Waals surface area contributed by atoms with Crippen LogP contribution < -0.4 is 9.47 Å². The van der Waals surface area contributed by atoms with Gasteiger partial charge in [0.25, 0.3) is 0 Å². The van der Waals surface area contributed by atoms with Crippen LogP contribution in [0.1, 0.15) is 49.9 Å². The number of carbonyl (C=O) groups excluding carboxylic acids is 1. The number of carbonyl (C=O) groups is 1. The number of fused-ring (bicyclic) bond motifs is 1. The summed E-state index contributed by atoms with van der Waals surface area (Å²) < 4.78 is 17.4. The highest BCUT2D eigenvalue weighted by molar-refractivity contribution is 6.00. The molecule has 2 aliphatic heterocycles. The van der Waals surface area contributed by atoms with Gasteiger partial charge in [-0.1, -0.05) is 6.92 Å². The summed E-state index contributed by atoms with van der Waals surface area (Å²) in [6, 6.07) is 5.44. The molecule has 21 heavy (non-hydrogen) atoms. The van der Waals surface area contributed by atoms with Gasteiger partial charge >= 0.3 is 0 Å². The monoisotopic (exact) mass is 290 g/mol. The van der Waals surface area contributed by atoms with Crippen molar-refractivity contribution in [2.75, 3.05) is 13.7 Å². The molecule has 1 saturated heterocycles. The van der Waals surface area contributed by atoms with Gasteiger partial charge < -0.3 is 14.2 Å². The van der Waals surface area contributed by atoms with Crippen molar-refractivity contribution in [2.24, 2.45) is 0 Å². The van der Waals surface area contributed by atoms with Crippen LogP contribution in [0.3, 0.4) is 0 Å². The lowest BCUT2D eigenvalue weighted by molar-refractivity contribution is -0.144. The minimum Gasteiger partial charge on any atom is -0.497 e. The summed E-state index contributed by atoms with van der Waals surface area (Å²) in [6.45, 7) is 4.86. The van der Waals surface area contributed by atoms with E-state index >= 15 is 0 Å². The Kier molecular flexibility index (Phi) is 3.44. The van der Waals surface area contributed by atoms with Crippen molar-refractivity contribution in [3.63, 3.8) is 0 Å². The molecular weight excluding hydrogens is 268 g/mol. The predicted molar refractivity (Wildman–Crippen MR) is 79.2 cm³/mol. The predicted octanol–water partition coefficient (Wildman–Crippen LogP) is 3.38. The summed E-state index contributed by atoms with van der Waals surface area (Å²) in [5, 5.41) is 0. The third-order valence-corrected chi connectivity index (χ3v) is 4.75. The first kappa shape index (κ1) is 14.4. The van der Waals surface area contributed by atoms with Crippen molar-refractivity contribution < 1.29 is 19.0 Å². The van der Waals surface area contributed by atoms with Crippen molar-refractivity contribution in [1.82, 2.24) is 0 Å². The fraction of sp³-hybridized carbons (Fsp3) is 0.588. The van der Waals surface area contributed by atoms with Gasteiger partial charge in [-0.05, 0) is 31.5 Å². The number of ether oxygens (including phenoxy) is 3. The van der Waals surface area contributed by atoms with Crippen LogP contribution in [0.5, 0.6) is 11.5 Å². The largest absolute Gasteiger partial charge is 0.497 e. The van der Waals surface area contributed by atoms with E-state index in [0.717, 1.165) is 19.3 Å². The van der Waals surface area contributed by atoms with Gasteiger partial charge in [0.05, 0.1) is 31.3 Å². The van der Waals surface area contributed by atoms with Crippen molar-refractivity contribution in [1.29, 1.82) is 0 Å². The Hall–Kier alpha value is -1.55. The number of benzene rings is 1. The molecule has 1 aromatic carbocycles. The van der Waals surface area contributed by atoms with Gasteiger partial charge in [-0.3, -0.25) is 4.79 Å². The van der Waals surface area contributed by atoms with Gasteiger partial charge in [0.15, 0.2) is 5.78 Å².